The first-order chi connectivity index (χ1) is 12.5. The second-order valence-corrected chi connectivity index (χ2v) is 6.53. The molecule has 0 aliphatic heterocycles. The molecule has 2 aromatic heterocycles. The van der Waals surface area contributed by atoms with E-state index in [2.05, 4.69) is 26.8 Å². The third-order valence-electron chi connectivity index (χ3n) is 3.87. The fraction of sp³-hybridized carbons (Fsp3) is 0.316. The number of rotatable bonds is 6. The summed E-state index contributed by atoms with van der Waals surface area (Å²) in [5.74, 6) is 0.872. The lowest BCUT2D eigenvalue weighted by Gasteiger charge is -2.11. The standard InChI is InChI=1S/C19H21ClN4O2/c1-4-24-16-8-6-5-7-15(16)23-17(24)11-21-18(25)13-9-14(20)19(22-10-13)26-12(2)3/h5-10,12H,4,11H2,1-3H3,(H,21,25). The fourth-order valence-electron chi connectivity index (χ4n) is 2.73. The summed E-state index contributed by atoms with van der Waals surface area (Å²) in [6.07, 6.45) is 1.42. The number of para-hydroxylation sites is 2. The maximum Gasteiger partial charge on any atom is 0.253 e. The third-order valence-corrected chi connectivity index (χ3v) is 4.14. The molecule has 136 valence electrons. The number of benzene rings is 1. The van der Waals surface area contributed by atoms with Crippen LogP contribution >= 0.6 is 11.6 Å². The number of carbonyl (C=O) groups is 1. The topological polar surface area (TPSA) is 69.0 Å². The first kappa shape index (κ1) is 18.2. The number of imidazole rings is 1. The molecular weight excluding hydrogens is 352 g/mol. The van der Waals surface area contributed by atoms with Gasteiger partial charge in [0.25, 0.3) is 5.91 Å². The van der Waals surface area contributed by atoms with Crippen molar-refractivity contribution in [3.05, 3.63) is 52.9 Å². The Kier molecular flexibility index (Phi) is 5.42. The zero-order valence-corrected chi connectivity index (χ0v) is 15.7. The number of nitrogens with zero attached hydrogens (tertiary/aromatic N) is 3. The van der Waals surface area contributed by atoms with E-state index >= 15 is 0 Å². The number of aryl methyl sites for hydroxylation is 1. The number of halogens is 1. The summed E-state index contributed by atoms with van der Waals surface area (Å²) < 4.78 is 7.57. The predicted octanol–water partition coefficient (Wildman–Crippen LogP) is 3.82. The Balaban J connectivity index is 1.74. The van der Waals surface area contributed by atoms with Crippen LogP contribution in [0, 0.1) is 0 Å². The first-order valence-corrected chi connectivity index (χ1v) is 8.92. The van der Waals surface area contributed by atoms with Crippen LogP contribution < -0.4 is 10.1 Å². The Morgan fingerprint density at radius 1 is 1.35 bits per heavy atom. The molecule has 0 saturated heterocycles. The van der Waals surface area contributed by atoms with Gasteiger partial charge in [-0.1, -0.05) is 23.7 Å². The molecule has 0 aliphatic rings. The van der Waals surface area contributed by atoms with Gasteiger partial charge in [0.2, 0.25) is 5.88 Å². The number of carbonyl (C=O) groups excluding carboxylic acids is 1. The fourth-order valence-corrected chi connectivity index (χ4v) is 2.95. The van der Waals surface area contributed by atoms with Crippen LogP contribution in [-0.2, 0) is 13.1 Å². The van der Waals surface area contributed by atoms with Crippen molar-refractivity contribution in [2.24, 2.45) is 0 Å². The summed E-state index contributed by atoms with van der Waals surface area (Å²) in [4.78, 5) is 21.2. The van der Waals surface area contributed by atoms with Crippen molar-refractivity contribution in [1.29, 1.82) is 0 Å². The van der Waals surface area contributed by atoms with E-state index in [-0.39, 0.29) is 12.0 Å². The maximum absolute atomic E-state index is 12.4. The maximum atomic E-state index is 12.4. The highest BCUT2D eigenvalue weighted by Crippen LogP contribution is 2.23. The average Bonchev–Trinajstić information content (AvgIpc) is 2.98. The van der Waals surface area contributed by atoms with Crippen molar-refractivity contribution < 1.29 is 9.53 Å². The number of pyridine rings is 1. The highest BCUT2D eigenvalue weighted by molar-refractivity contribution is 6.32. The zero-order valence-electron chi connectivity index (χ0n) is 15.0. The summed E-state index contributed by atoms with van der Waals surface area (Å²) in [5, 5.41) is 3.19. The minimum absolute atomic E-state index is 0.0401. The lowest BCUT2D eigenvalue weighted by molar-refractivity contribution is 0.0949. The molecule has 0 saturated carbocycles. The monoisotopic (exact) mass is 372 g/mol. The van der Waals surface area contributed by atoms with Crippen molar-refractivity contribution in [3.8, 4) is 5.88 Å². The molecule has 0 spiro atoms. The van der Waals surface area contributed by atoms with Crippen LogP contribution in [0.1, 0.15) is 37.0 Å². The van der Waals surface area contributed by atoms with Gasteiger partial charge in [-0.25, -0.2) is 9.97 Å². The van der Waals surface area contributed by atoms with Gasteiger partial charge in [0, 0.05) is 12.7 Å². The second kappa shape index (κ2) is 7.74. The van der Waals surface area contributed by atoms with Crippen LogP contribution in [0.3, 0.4) is 0 Å². The van der Waals surface area contributed by atoms with E-state index in [1.807, 2.05) is 38.1 Å². The molecule has 1 aromatic carbocycles. The lowest BCUT2D eigenvalue weighted by atomic mass is 10.2. The summed E-state index contributed by atoms with van der Waals surface area (Å²) in [5.41, 5.74) is 2.35. The van der Waals surface area contributed by atoms with Gasteiger partial charge in [0.1, 0.15) is 10.8 Å². The normalized spacial score (nSPS) is 11.1. The summed E-state index contributed by atoms with van der Waals surface area (Å²) in [7, 11) is 0. The molecule has 7 heteroatoms. The highest BCUT2D eigenvalue weighted by Gasteiger charge is 2.14. The molecule has 0 atom stereocenters. The molecular formula is C19H21ClN4O2. The van der Waals surface area contributed by atoms with Crippen LogP contribution in [0.2, 0.25) is 5.02 Å². The largest absolute Gasteiger partial charge is 0.474 e. The molecule has 26 heavy (non-hydrogen) atoms. The van der Waals surface area contributed by atoms with Gasteiger partial charge in [0.05, 0.1) is 29.2 Å². The van der Waals surface area contributed by atoms with Crippen LogP contribution in [0.5, 0.6) is 5.88 Å². The Labute approximate surface area is 157 Å². The van der Waals surface area contributed by atoms with E-state index in [4.69, 9.17) is 16.3 Å². The molecule has 3 rings (SSSR count). The van der Waals surface area contributed by atoms with E-state index < -0.39 is 0 Å². The number of ether oxygens (including phenoxy) is 1. The molecule has 0 bridgehead atoms. The first-order valence-electron chi connectivity index (χ1n) is 8.54. The van der Waals surface area contributed by atoms with Gasteiger partial charge >= 0.3 is 0 Å². The van der Waals surface area contributed by atoms with Crippen molar-refractivity contribution >= 4 is 28.5 Å². The summed E-state index contributed by atoms with van der Waals surface area (Å²) in [6.45, 7) is 6.93. The Morgan fingerprint density at radius 2 is 2.12 bits per heavy atom. The number of hydrogen-bond donors (Lipinski definition) is 1. The third kappa shape index (κ3) is 3.80. The summed E-state index contributed by atoms with van der Waals surface area (Å²) in [6, 6.07) is 9.47. The summed E-state index contributed by atoms with van der Waals surface area (Å²) >= 11 is 6.15. The smallest absolute Gasteiger partial charge is 0.253 e. The minimum atomic E-state index is -0.259. The van der Waals surface area contributed by atoms with Crippen molar-refractivity contribution in [2.45, 2.75) is 40.0 Å². The molecule has 2 heterocycles. The highest BCUT2D eigenvalue weighted by atomic mass is 35.5. The van der Waals surface area contributed by atoms with Crippen molar-refractivity contribution in [2.75, 3.05) is 0 Å². The number of amides is 1. The number of nitrogens with one attached hydrogen (secondary N) is 1. The van der Waals surface area contributed by atoms with Gasteiger partial charge in [-0.05, 0) is 39.0 Å². The van der Waals surface area contributed by atoms with E-state index in [0.717, 1.165) is 23.4 Å². The number of hydrogen-bond acceptors (Lipinski definition) is 4. The second-order valence-electron chi connectivity index (χ2n) is 6.12. The van der Waals surface area contributed by atoms with Gasteiger partial charge in [-0.3, -0.25) is 4.79 Å². The molecule has 1 amide bonds. The van der Waals surface area contributed by atoms with Gasteiger partial charge < -0.3 is 14.6 Å². The molecule has 0 fully saturated rings. The molecule has 1 N–H and O–H groups in total. The van der Waals surface area contributed by atoms with Gasteiger partial charge in [-0.15, -0.1) is 0 Å². The van der Waals surface area contributed by atoms with E-state index in [9.17, 15) is 4.79 Å². The molecule has 0 unspecified atom stereocenters. The molecule has 6 nitrogen and oxygen atoms in total. The zero-order chi connectivity index (χ0) is 18.7. The Hall–Kier alpha value is -2.60. The van der Waals surface area contributed by atoms with E-state index in [0.29, 0.717) is 23.0 Å². The molecule has 0 radical (unpaired) electrons. The van der Waals surface area contributed by atoms with Crippen molar-refractivity contribution in [1.82, 2.24) is 19.9 Å². The van der Waals surface area contributed by atoms with E-state index in [1.165, 1.54) is 6.20 Å². The molecule has 0 aliphatic carbocycles. The number of fused-ring (bicyclic) bond motifs is 1. The molecule has 3 aromatic rings. The van der Waals surface area contributed by atoms with Crippen molar-refractivity contribution in [3.63, 3.8) is 0 Å². The quantitative estimate of drug-likeness (QED) is 0.714. The minimum Gasteiger partial charge on any atom is -0.474 e. The van der Waals surface area contributed by atoms with Crippen LogP contribution in [0.25, 0.3) is 11.0 Å². The van der Waals surface area contributed by atoms with Crippen LogP contribution in [0.15, 0.2) is 36.5 Å². The predicted molar refractivity (Wildman–Crippen MR) is 102 cm³/mol. The van der Waals surface area contributed by atoms with Crippen LogP contribution in [0.4, 0.5) is 0 Å². The Morgan fingerprint density at radius 3 is 2.81 bits per heavy atom. The number of aromatic nitrogens is 3. The SMILES string of the molecule is CCn1c(CNC(=O)c2cnc(OC(C)C)c(Cl)c2)nc2ccccc21. The average molecular weight is 373 g/mol. The van der Waals surface area contributed by atoms with Crippen LogP contribution in [-0.4, -0.2) is 26.5 Å². The Bertz CT molecular complexity index is 936. The van der Waals surface area contributed by atoms with Gasteiger partial charge in [0.15, 0.2) is 0 Å². The van der Waals surface area contributed by atoms with Gasteiger partial charge in [-0.2, -0.15) is 0 Å². The lowest BCUT2D eigenvalue weighted by Crippen LogP contribution is -2.25. The van der Waals surface area contributed by atoms with E-state index in [1.54, 1.807) is 6.07 Å².